The average molecular weight is 269 g/mol. The van der Waals surface area contributed by atoms with Crippen LogP contribution in [0.4, 0.5) is 0 Å². The molecule has 112 valence electrons. The van der Waals surface area contributed by atoms with Gasteiger partial charge in [-0.25, -0.2) is 0 Å². The summed E-state index contributed by atoms with van der Waals surface area (Å²) < 4.78 is 0. The van der Waals surface area contributed by atoms with Crippen LogP contribution >= 0.6 is 0 Å². The summed E-state index contributed by atoms with van der Waals surface area (Å²) in [6, 6.07) is 1.36. The Labute approximate surface area is 118 Å². The van der Waals surface area contributed by atoms with Crippen LogP contribution in [-0.2, 0) is 0 Å². The fourth-order valence-corrected chi connectivity index (χ4v) is 3.35. The van der Waals surface area contributed by atoms with E-state index in [0.29, 0.717) is 12.1 Å². The Kier molecular flexibility index (Phi) is 5.23. The molecule has 0 spiro atoms. The number of aliphatic hydroxyl groups excluding tert-OH is 1. The van der Waals surface area contributed by atoms with Crippen molar-refractivity contribution in [2.24, 2.45) is 0 Å². The number of rotatable bonds is 8. The highest BCUT2D eigenvalue weighted by atomic mass is 16.3. The molecule has 2 unspecified atom stereocenters. The molecule has 2 fully saturated rings. The zero-order valence-electron chi connectivity index (χ0n) is 12.9. The molecule has 1 saturated carbocycles. The van der Waals surface area contributed by atoms with Crippen molar-refractivity contribution in [2.45, 2.75) is 57.7 Å². The number of likely N-dealkylation sites (N-methyl/N-ethyl adjacent to an activating group) is 1. The summed E-state index contributed by atoms with van der Waals surface area (Å²) in [5.41, 5.74) is -0.126. The molecule has 4 heteroatoms. The zero-order valence-corrected chi connectivity index (χ0v) is 12.9. The van der Waals surface area contributed by atoms with Crippen LogP contribution in [0.3, 0.4) is 0 Å². The van der Waals surface area contributed by atoms with E-state index in [1.807, 2.05) is 0 Å². The van der Waals surface area contributed by atoms with Gasteiger partial charge in [0.1, 0.15) is 0 Å². The van der Waals surface area contributed by atoms with Gasteiger partial charge in [0.25, 0.3) is 0 Å². The number of nitrogens with zero attached hydrogens (tertiary/aromatic N) is 2. The molecule has 2 N–H and O–H groups in total. The van der Waals surface area contributed by atoms with Gasteiger partial charge in [-0.15, -0.1) is 0 Å². The Morgan fingerprint density at radius 3 is 2.47 bits per heavy atom. The van der Waals surface area contributed by atoms with Crippen LogP contribution in [0.5, 0.6) is 0 Å². The molecule has 2 rings (SSSR count). The summed E-state index contributed by atoms with van der Waals surface area (Å²) in [4.78, 5) is 5.08. The standard InChI is InChI=1S/C15H31N3O/c1-4-18(5-2)14-8-9-17(10-14)11-15(3,12-19)16-13-6-7-13/h13-14,16,19H,4-12H2,1-3H3. The van der Waals surface area contributed by atoms with Crippen molar-refractivity contribution in [3.05, 3.63) is 0 Å². The third kappa shape index (κ3) is 4.15. The lowest BCUT2D eigenvalue weighted by Gasteiger charge is -2.34. The lowest BCUT2D eigenvalue weighted by molar-refractivity contribution is 0.123. The maximum atomic E-state index is 9.69. The summed E-state index contributed by atoms with van der Waals surface area (Å²) >= 11 is 0. The van der Waals surface area contributed by atoms with Gasteiger partial charge in [0.15, 0.2) is 0 Å². The van der Waals surface area contributed by atoms with E-state index in [1.54, 1.807) is 0 Å². The fraction of sp³-hybridized carbons (Fsp3) is 1.00. The molecule has 0 bridgehead atoms. The maximum Gasteiger partial charge on any atom is 0.0623 e. The number of hydrogen-bond acceptors (Lipinski definition) is 4. The topological polar surface area (TPSA) is 38.7 Å². The Balaban J connectivity index is 1.82. The average Bonchev–Trinajstić information content (AvgIpc) is 3.09. The van der Waals surface area contributed by atoms with Crippen molar-refractivity contribution in [2.75, 3.05) is 39.3 Å². The smallest absolute Gasteiger partial charge is 0.0623 e. The van der Waals surface area contributed by atoms with E-state index in [0.717, 1.165) is 26.2 Å². The lowest BCUT2D eigenvalue weighted by atomic mass is 10.0. The molecule has 1 heterocycles. The first kappa shape index (κ1) is 15.2. The van der Waals surface area contributed by atoms with Gasteiger partial charge >= 0.3 is 0 Å². The van der Waals surface area contributed by atoms with E-state index < -0.39 is 0 Å². The van der Waals surface area contributed by atoms with Gasteiger partial charge in [-0.3, -0.25) is 9.80 Å². The van der Waals surface area contributed by atoms with E-state index in [-0.39, 0.29) is 12.1 Å². The highest BCUT2D eigenvalue weighted by Crippen LogP contribution is 2.24. The molecule has 1 aliphatic heterocycles. The molecule has 1 aliphatic carbocycles. The van der Waals surface area contributed by atoms with Crippen LogP contribution in [0.25, 0.3) is 0 Å². The number of hydrogen-bond donors (Lipinski definition) is 2. The minimum Gasteiger partial charge on any atom is -0.394 e. The second-order valence-electron chi connectivity index (χ2n) is 6.54. The summed E-state index contributed by atoms with van der Waals surface area (Å²) in [7, 11) is 0. The number of aliphatic hydroxyl groups is 1. The number of likely N-dealkylation sites (tertiary alicyclic amines) is 1. The van der Waals surface area contributed by atoms with Crippen LogP contribution in [0.1, 0.15) is 40.0 Å². The Morgan fingerprint density at radius 2 is 1.95 bits per heavy atom. The van der Waals surface area contributed by atoms with Crippen LogP contribution in [0.15, 0.2) is 0 Å². The second-order valence-corrected chi connectivity index (χ2v) is 6.54. The van der Waals surface area contributed by atoms with Crippen molar-refractivity contribution >= 4 is 0 Å². The molecular weight excluding hydrogens is 238 g/mol. The molecule has 19 heavy (non-hydrogen) atoms. The SMILES string of the molecule is CCN(CC)C1CCN(CC(C)(CO)NC2CC2)C1. The molecular formula is C15H31N3O. The molecule has 1 saturated heterocycles. The minimum atomic E-state index is -0.126. The van der Waals surface area contributed by atoms with Crippen molar-refractivity contribution in [3.63, 3.8) is 0 Å². The Morgan fingerprint density at radius 1 is 1.26 bits per heavy atom. The van der Waals surface area contributed by atoms with Gasteiger partial charge in [0, 0.05) is 25.2 Å². The first-order chi connectivity index (χ1) is 9.10. The molecule has 4 nitrogen and oxygen atoms in total. The van der Waals surface area contributed by atoms with Gasteiger partial charge in [-0.1, -0.05) is 13.8 Å². The second kappa shape index (κ2) is 6.53. The molecule has 0 radical (unpaired) electrons. The van der Waals surface area contributed by atoms with Gasteiger partial charge in [-0.2, -0.15) is 0 Å². The zero-order chi connectivity index (χ0) is 13.9. The van der Waals surface area contributed by atoms with E-state index in [4.69, 9.17) is 0 Å². The van der Waals surface area contributed by atoms with E-state index in [1.165, 1.54) is 25.8 Å². The predicted molar refractivity (Wildman–Crippen MR) is 79.4 cm³/mol. The minimum absolute atomic E-state index is 0.126. The van der Waals surface area contributed by atoms with Crippen molar-refractivity contribution in [3.8, 4) is 0 Å². The first-order valence-corrected chi connectivity index (χ1v) is 7.95. The molecule has 0 aromatic rings. The molecule has 2 atom stereocenters. The van der Waals surface area contributed by atoms with E-state index in [2.05, 4.69) is 35.9 Å². The van der Waals surface area contributed by atoms with Gasteiger partial charge in [-0.05, 0) is 45.8 Å². The highest BCUT2D eigenvalue weighted by molar-refractivity contribution is 4.96. The van der Waals surface area contributed by atoms with Gasteiger partial charge < -0.3 is 10.4 Å². The largest absolute Gasteiger partial charge is 0.394 e. The van der Waals surface area contributed by atoms with Crippen molar-refractivity contribution in [1.29, 1.82) is 0 Å². The van der Waals surface area contributed by atoms with Crippen LogP contribution in [-0.4, -0.2) is 71.9 Å². The van der Waals surface area contributed by atoms with E-state index in [9.17, 15) is 5.11 Å². The Bertz CT molecular complexity index is 279. The van der Waals surface area contributed by atoms with E-state index >= 15 is 0 Å². The fourth-order valence-electron chi connectivity index (χ4n) is 3.35. The van der Waals surface area contributed by atoms with Crippen LogP contribution < -0.4 is 5.32 Å². The van der Waals surface area contributed by atoms with Crippen LogP contribution in [0, 0.1) is 0 Å². The number of nitrogens with one attached hydrogen (secondary N) is 1. The summed E-state index contributed by atoms with van der Waals surface area (Å²) in [5.74, 6) is 0. The van der Waals surface area contributed by atoms with Crippen molar-refractivity contribution < 1.29 is 5.11 Å². The summed E-state index contributed by atoms with van der Waals surface area (Å²) in [5, 5.41) is 13.3. The summed E-state index contributed by atoms with van der Waals surface area (Å²) in [6.07, 6.45) is 3.82. The van der Waals surface area contributed by atoms with Gasteiger partial charge in [0.2, 0.25) is 0 Å². The molecule has 0 amide bonds. The molecule has 0 aromatic carbocycles. The quantitative estimate of drug-likeness (QED) is 0.687. The summed E-state index contributed by atoms with van der Waals surface area (Å²) in [6.45, 7) is 12.5. The predicted octanol–water partition coefficient (Wildman–Crippen LogP) is 0.906. The maximum absolute atomic E-state index is 9.69. The third-order valence-electron chi connectivity index (χ3n) is 4.63. The monoisotopic (exact) mass is 269 g/mol. The van der Waals surface area contributed by atoms with Crippen LogP contribution in [0.2, 0.25) is 0 Å². The van der Waals surface area contributed by atoms with Crippen molar-refractivity contribution in [1.82, 2.24) is 15.1 Å². The van der Waals surface area contributed by atoms with Gasteiger partial charge in [0.05, 0.1) is 12.1 Å². The first-order valence-electron chi connectivity index (χ1n) is 7.95. The normalized spacial score (nSPS) is 27.9. The Hall–Kier alpha value is -0.160. The molecule has 0 aromatic heterocycles. The molecule has 2 aliphatic rings. The lowest BCUT2D eigenvalue weighted by Crippen LogP contribution is -2.54. The third-order valence-corrected chi connectivity index (χ3v) is 4.63. The highest BCUT2D eigenvalue weighted by Gasteiger charge is 2.35.